The second-order valence-electron chi connectivity index (χ2n) is 3.60. The van der Waals surface area contributed by atoms with Gasteiger partial charge in [0.1, 0.15) is 0 Å². The summed E-state index contributed by atoms with van der Waals surface area (Å²) in [7, 11) is 0. The molecule has 70 valence electrons. The number of halogens is 1. The molecule has 0 radical (unpaired) electrons. The van der Waals surface area contributed by atoms with E-state index >= 15 is 0 Å². The van der Waals surface area contributed by atoms with Crippen molar-refractivity contribution in [1.82, 2.24) is 5.32 Å². The van der Waals surface area contributed by atoms with E-state index in [1.807, 2.05) is 0 Å². The Morgan fingerprint density at radius 2 is 2.31 bits per heavy atom. The fourth-order valence-corrected chi connectivity index (χ4v) is 2.47. The third-order valence-electron chi connectivity index (χ3n) is 2.75. The Morgan fingerprint density at radius 1 is 1.46 bits per heavy atom. The van der Waals surface area contributed by atoms with E-state index in [0.717, 1.165) is 0 Å². The van der Waals surface area contributed by atoms with Crippen LogP contribution in [0.1, 0.15) is 30.0 Å². The van der Waals surface area contributed by atoms with Gasteiger partial charge in [0.15, 0.2) is 0 Å². The lowest BCUT2D eigenvalue weighted by atomic mass is 10.0. The van der Waals surface area contributed by atoms with Crippen molar-refractivity contribution in [2.24, 2.45) is 0 Å². The molecule has 0 saturated carbocycles. The SMILES string of the molecule is Cc1c(I)cccc1[C@H]1CCCN1. The van der Waals surface area contributed by atoms with Gasteiger partial charge in [0, 0.05) is 9.61 Å². The van der Waals surface area contributed by atoms with Crippen LogP contribution in [0, 0.1) is 10.5 Å². The molecule has 1 N–H and O–H groups in total. The van der Waals surface area contributed by atoms with Gasteiger partial charge < -0.3 is 5.32 Å². The van der Waals surface area contributed by atoms with Crippen molar-refractivity contribution in [2.45, 2.75) is 25.8 Å². The third-order valence-corrected chi connectivity index (χ3v) is 3.91. The Bertz CT molecular complexity index is 303. The molecule has 1 nitrogen and oxygen atoms in total. The zero-order valence-electron chi connectivity index (χ0n) is 7.81. The maximum absolute atomic E-state index is 3.54. The van der Waals surface area contributed by atoms with E-state index in [9.17, 15) is 0 Å². The van der Waals surface area contributed by atoms with Crippen LogP contribution in [-0.2, 0) is 0 Å². The number of rotatable bonds is 1. The van der Waals surface area contributed by atoms with Crippen molar-refractivity contribution in [1.29, 1.82) is 0 Å². The second kappa shape index (κ2) is 3.96. The highest BCUT2D eigenvalue weighted by Crippen LogP contribution is 2.27. The van der Waals surface area contributed by atoms with Crippen LogP contribution in [0.5, 0.6) is 0 Å². The Kier molecular flexibility index (Phi) is 2.89. The van der Waals surface area contributed by atoms with E-state index in [1.54, 1.807) is 0 Å². The van der Waals surface area contributed by atoms with Gasteiger partial charge in [-0.3, -0.25) is 0 Å². The minimum Gasteiger partial charge on any atom is -0.310 e. The highest BCUT2D eigenvalue weighted by Gasteiger charge is 2.18. The molecule has 0 aliphatic carbocycles. The summed E-state index contributed by atoms with van der Waals surface area (Å²) in [4.78, 5) is 0. The molecule has 13 heavy (non-hydrogen) atoms. The van der Waals surface area contributed by atoms with E-state index in [1.165, 1.54) is 34.1 Å². The normalized spacial score (nSPS) is 22.2. The first-order chi connectivity index (χ1) is 6.29. The average Bonchev–Trinajstić information content (AvgIpc) is 2.62. The molecule has 1 atom stereocenters. The minimum absolute atomic E-state index is 0.606. The molecule has 2 rings (SSSR count). The molecule has 1 aromatic carbocycles. The topological polar surface area (TPSA) is 12.0 Å². The van der Waals surface area contributed by atoms with E-state index in [2.05, 4.69) is 53.0 Å². The summed E-state index contributed by atoms with van der Waals surface area (Å²) in [5, 5.41) is 3.54. The van der Waals surface area contributed by atoms with Gasteiger partial charge in [-0.15, -0.1) is 0 Å². The highest BCUT2D eigenvalue weighted by atomic mass is 127. The lowest BCUT2D eigenvalue weighted by molar-refractivity contribution is 0.643. The fraction of sp³-hybridized carbons (Fsp3) is 0.455. The second-order valence-corrected chi connectivity index (χ2v) is 4.77. The zero-order valence-corrected chi connectivity index (χ0v) is 9.97. The Hall–Kier alpha value is -0.0900. The molecule has 0 amide bonds. The molecule has 0 bridgehead atoms. The summed E-state index contributed by atoms with van der Waals surface area (Å²) in [6.45, 7) is 3.40. The molecule has 0 spiro atoms. The first kappa shape index (κ1) is 9.46. The van der Waals surface area contributed by atoms with Crippen molar-refractivity contribution < 1.29 is 0 Å². The summed E-state index contributed by atoms with van der Waals surface area (Å²) >= 11 is 2.41. The van der Waals surface area contributed by atoms with E-state index in [0.29, 0.717) is 6.04 Å². The predicted molar refractivity (Wildman–Crippen MR) is 63.9 cm³/mol. The number of hydrogen-bond donors (Lipinski definition) is 1. The van der Waals surface area contributed by atoms with Gasteiger partial charge in [0.2, 0.25) is 0 Å². The highest BCUT2D eigenvalue weighted by molar-refractivity contribution is 14.1. The van der Waals surface area contributed by atoms with Gasteiger partial charge >= 0.3 is 0 Å². The Labute approximate surface area is 93.1 Å². The van der Waals surface area contributed by atoms with Gasteiger partial charge in [-0.05, 0) is 66.1 Å². The van der Waals surface area contributed by atoms with Crippen molar-refractivity contribution in [3.05, 3.63) is 32.9 Å². The summed E-state index contributed by atoms with van der Waals surface area (Å²) in [6, 6.07) is 7.19. The first-order valence-electron chi connectivity index (χ1n) is 4.77. The zero-order chi connectivity index (χ0) is 9.26. The third kappa shape index (κ3) is 1.89. The standard InChI is InChI=1S/C11H14IN/c1-8-9(4-2-5-10(8)12)11-6-3-7-13-11/h2,4-5,11,13H,3,6-7H2,1H3/t11-/m1/s1. The molecule has 1 heterocycles. The Balaban J connectivity index is 2.33. The van der Waals surface area contributed by atoms with E-state index in [4.69, 9.17) is 0 Å². The van der Waals surface area contributed by atoms with Crippen molar-refractivity contribution >= 4 is 22.6 Å². The summed E-state index contributed by atoms with van der Waals surface area (Å²) in [5.41, 5.74) is 2.94. The molecule has 0 unspecified atom stereocenters. The molecular formula is C11H14IN. The van der Waals surface area contributed by atoms with Crippen molar-refractivity contribution in [2.75, 3.05) is 6.54 Å². The van der Waals surface area contributed by atoms with E-state index in [-0.39, 0.29) is 0 Å². The molecule has 1 aromatic rings. The van der Waals surface area contributed by atoms with Crippen molar-refractivity contribution in [3.8, 4) is 0 Å². The molecule has 1 fully saturated rings. The molecule has 2 heteroatoms. The number of hydrogen-bond acceptors (Lipinski definition) is 1. The molecule has 0 aromatic heterocycles. The molecular weight excluding hydrogens is 273 g/mol. The van der Waals surface area contributed by atoms with Gasteiger partial charge in [-0.2, -0.15) is 0 Å². The van der Waals surface area contributed by atoms with Crippen LogP contribution in [-0.4, -0.2) is 6.54 Å². The molecule has 1 aliphatic heterocycles. The quantitative estimate of drug-likeness (QED) is 0.783. The molecule has 1 aliphatic rings. The van der Waals surface area contributed by atoms with Crippen LogP contribution in [0.4, 0.5) is 0 Å². The smallest absolute Gasteiger partial charge is 0.0323 e. The average molecular weight is 287 g/mol. The van der Waals surface area contributed by atoms with Crippen LogP contribution in [0.3, 0.4) is 0 Å². The van der Waals surface area contributed by atoms with Gasteiger partial charge in [-0.1, -0.05) is 12.1 Å². The number of nitrogens with one attached hydrogen (secondary N) is 1. The van der Waals surface area contributed by atoms with Crippen LogP contribution in [0.25, 0.3) is 0 Å². The van der Waals surface area contributed by atoms with Gasteiger partial charge in [-0.25, -0.2) is 0 Å². The van der Waals surface area contributed by atoms with E-state index < -0.39 is 0 Å². The Morgan fingerprint density at radius 3 is 3.00 bits per heavy atom. The molecule has 1 saturated heterocycles. The van der Waals surface area contributed by atoms with Crippen molar-refractivity contribution in [3.63, 3.8) is 0 Å². The lowest BCUT2D eigenvalue weighted by Crippen LogP contribution is -2.14. The lowest BCUT2D eigenvalue weighted by Gasteiger charge is -2.14. The predicted octanol–water partition coefficient (Wildman–Crippen LogP) is 3.02. The summed E-state index contributed by atoms with van der Waals surface area (Å²) in [6.07, 6.45) is 2.61. The van der Waals surface area contributed by atoms with Crippen LogP contribution in [0.2, 0.25) is 0 Å². The van der Waals surface area contributed by atoms with Gasteiger partial charge in [0.25, 0.3) is 0 Å². The maximum atomic E-state index is 3.54. The fourth-order valence-electron chi connectivity index (χ4n) is 1.95. The number of benzene rings is 1. The largest absolute Gasteiger partial charge is 0.310 e. The van der Waals surface area contributed by atoms with Gasteiger partial charge in [0.05, 0.1) is 0 Å². The summed E-state index contributed by atoms with van der Waals surface area (Å²) in [5.74, 6) is 0. The minimum atomic E-state index is 0.606. The maximum Gasteiger partial charge on any atom is 0.0323 e. The van der Waals surface area contributed by atoms with Crippen LogP contribution in [0.15, 0.2) is 18.2 Å². The summed E-state index contributed by atoms with van der Waals surface area (Å²) < 4.78 is 1.38. The van der Waals surface area contributed by atoms with Crippen LogP contribution < -0.4 is 5.32 Å². The monoisotopic (exact) mass is 287 g/mol. The first-order valence-corrected chi connectivity index (χ1v) is 5.85. The van der Waals surface area contributed by atoms with Crippen LogP contribution >= 0.6 is 22.6 Å².